The van der Waals surface area contributed by atoms with Crippen LogP contribution in [0.4, 0.5) is 0 Å². The molecule has 4 N–H and O–H groups in total. The van der Waals surface area contributed by atoms with E-state index in [-0.39, 0.29) is 66.9 Å². The number of fused-ring (bicyclic) bond motifs is 2. The lowest BCUT2D eigenvalue weighted by Gasteiger charge is -2.29. The highest BCUT2D eigenvalue weighted by atomic mass is 32.1. The number of amides is 8. The number of nitrogens with one attached hydrogen (secondary N) is 4. The summed E-state index contributed by atoms with van der Waals surface area (Å²) in [6.45, 7) is 9.33. The number of piperidine rings is 2. The van der Waals surface area contributed by atoms with Crippen LogP contribution in [-0.2, 0) is 65.7 Å². The van der Waals surface area contributed by atoms with Gasteiger partial charge >= 0.3 is 0 Å². The van der Waals surface area contributed by atoms with Gasteiger partial charge in [0.15, 0.2) is 0 Å². The van der Waals surface area contributed by atoms with Gasteiger partial charge in [0.2, 0.25) is 35.2 Å². The summed E-state index contributed by atoms with van der Waals surface area (Å²) in [6, 6.07) is 12.9. The van der Waals surface area contributed by atoms with Gasteiger partial charge in [0, 0.05) is 64.1 Å². The van der Waals surface area contributed by atoms with Crippen LogP contribution >= 0.6 is 22.7 Å². The number of imide groups is 2. The number of hydrogen-bond acceptors (Lipinski definition) is 12. The molecule has 9 rings (SSSR count). The van der Waals surface area contributed by atoms with Crippen molar-refractivity contribution in [3.63, 3.8) is 0 Å². The number of hydrogen-bond donors (Lipinski definition) is 4. The smallest absolute Gasteiger partial charge is 0.292 e. The van der Waals surface area contributed by atoms with E-state index >= 15 is 0 Å². The van der Waals surface area contributed by atoms with E-state index in [0.29, 0.717) is 48.1 Å². The van der Waals surface area contributed by atoms with E-state index in [1.807, 2.05) is 24.3 Å². The Kier molecular flexibility index (Phi) is 13.0. The number of carbonyl (C=O) groups is 10. The molecule has 2 atom stereocenters. The van der Waals surface area contributed by atoms with Crippen molar-refractivity contribution < 1.29 is 47.9 Å². The minimum Gasteiger partial charge on any atom is -0.349 e. The molecule has 5 aliphatic rings. The number of rotatable bonds is 12. The van der Waals surface area contributed by atoms with E-state index in [0.717, 1.165) is 39.3 Å². The summed E-state index contributed by atoms with van der Waals surface area (Å²) < 4.78 is 0. The fourth-order valence-electron chi connectivity index (χ4n) is 8.66. The first-order valence-corrected chi connectivity index (χ1v) is 23.9. The number of thiophene rings is 2. The fourth-order valence-corrected chi connectivity index (χ4v) is 10.7. The standard InChI is InChI=1S/C25H27N3O5S.C24H23N3O5S/c1-25(2,3)15-6-4-14(5-7-15)21(30)23(32)26-11-10-19-16-12-28(24(33)17(16)13-34-19)18-8-9-20(29)27-22(18)31;1-24(8-9-24)14-4-2-13(3-5-14)20(29)22(31)25-10-18-15-11-27(23(32)16(15)12-33-18)17-6-7-19(28)26-21(17)30/h4-7,13,18H,8-12H2,1-3H3,(H,26,32)(H,27,29,31);2-5,12,17H,6-11H2,1H3,(H,25,31)(H,26,28,30). The molecule has 2 aromatic carbocycles. The maximum atomic E-state index is 12.8. The Morgan fingerprint density at radius 1 is 0.672 bits per heavy atom. The molecule has 1 saturated carbocycles. The molecule has 2 aromatic heterocycles. The zero-order chi connectivity index (χ0) is 47.9. The third-order valence-corrected chi connectivity index (χ3v) is 15.2. The molecule has 4 aliphatic heterocycles. The highest BCUT2D eigenvalue weighted by molar-refractivity contribution is 7.10. The number of ketones is 2. The molecule has 4 aromatic rings. The second kappa shape index (κ2) is 18.6. The molecule has 8 amide bonds. The highest BCUT2D eigenvalue weighted by Gasteiger charge is 2.42. The molecule has 3 fully saturated rings. The molecular formula is C49H50N6O10S2. The van der Waals surface area contributed by atoms with Gasteiger partial charge in [0.25, 0.3) is 23.6 Å². The van der Waals surface area contributed by atoms with Gasteiger partial charge in [0.1, 0.15) is 12.1 Å². The van der Waals surface area contributed by atoms with Crippen molar-refractivity contribution >= 4 is 81.5 Å². The van der Waals surface area contributed by atoms with Crippen LogP contribution in [0, 0.1) is 0 Å². The number of carbonyl (C=O) groups excluding carboxylic acids is 10. The van der Waals surface area contributed by atoms with E-state index < -0.39 is 47.3 Å². The van der Waals surface area contributed by atoms with Crippen LogP contribution in [0.3, 0.4) is 0 Å². The topological polar surface area (TPSA) is 225 Å². The van der Waals surface area contributed by atoms with E-state index in [4.69, 9.17) is 0 Å². The number of nitrogens with zero attached hydrogens (tertiary/aromatic N) is 2. The summed E-state index contributed by atoms with van der Waals surface area (Å²) in [4.78, 5) is 127. The molecule has 67 heavy (non-hydrogen) atoms. The lowest BCUT2D eigenvalue weighted by molar-refractivity contribution is -0.138. The fraction of sp³-hybridized carbons (Fsp3) is 0.388. The van der Waals surface area contributed by atoms with Gasteiger partial charge in [-0.15, -0.1) is 22.7 Å². The number of Topliss-reactive ketones (excluding diaryl/α,β-unsaturated/α-hetero) is 2. The molecule has 348 valence electrons. The molecule has 16 nitrogen and oxygen atoms in total. The molecule has 18 heteroatoms. The SMILES string of the molecule is CC(C)(C)c1ccc(C(=O)C(=O)NCCc2scc3c2CN(C2CCC(=O)NC2=O)C3=O)cc1.CC1(c2ccc(C(=O)C(=O)NCc3scc4c3CN(C3CCC(=O)NC3=O)C4=O)cc2)CC1. The number of benzene rings is 2. The largest absolute Gasteiger partial charge is 0.349 e. The molecule has 0 spiro atoms. The minimum absolute atomic E-state index is 0.0417. The first-order valence-electron chi connectivity index (χ1n) is 22.2. The van der Waals surface area contributed by atoms with Crippen molar-refractivity contribution in [1.82, 2.24) is 31.1 Å². The van der Waals surface area contributed by atoms with E-state index in [2.05, 4.69) is 49.0 Å². The molecule has 2 unspecified atom stereocenters. The molecule has 1 aliphatic carbocycles. The van der Waals surface area contributed by atoms with Crippen molar-refractivity contribution in [2.24, 2.45) is 0 Å². The maximum absolute atomic E-state index is 12.8. The van der Waals surface area contributed by atoms with Gasteiger partial charge in [0.05, 0.1) is 17.7 Å². The molecule has 0 bridgehead atoms. The van der Waals surface area contributed by atoms with Crippen LogP contribution in [0.1, 0.15) is 140 Å². The van der Waals surface area contributed by atoms with Crippen LogP contribution in [0.15, 0.2) is 59.3 Å². The van der Waals surface area contributed by atoms with E-state index in [1.165, 1.54) is 38.0 Å². The maximum Gasteiger partial charge on any atom is 0.292 e. The van der Waals surface area contributed by atoms with Gasteiger partial charge in [-0.3, -0.25) is 58.6 Å². The van der Waals surface area contributed by atoms with Crippen molar-refractivity contribution in [1.29, 1.82) is 0 Å². The summed E-state index contributed by atoms with van der Waals surface area (Å²) in [6.07, 6.45) is 3.75. The van der Waals surface area contributed by atoms with Gasteiger partial charge in [-0.2, -0.15) is 0 Å². The summed E-state index contributed by atoms with van der Waals surface area (Å²) in [7, 11) is 0. The Balaban J connectivity index is 0.000000182. The lowest BCUT2D eigenvalue weighted by atomic mass is 9.86. The second-order valence-electron chi connectivity index (χ2n) is 18.7. The van der Waals surface area contributed by atoms with Gasteiger partial charge < -0.3 is 20.4 Å². The Bertz CT molecular complexity index is 2740. The summed E-state index contributed by atoms with van der Waals surface area (Å²) in [5.41, 5.74) is 5.76. The van der Waals surface area contributed by atoms with Gasteiger partial charge in [-0.05, 0) is 65.2 Å². The Hall–Kier alpha value is -6.66. The predicted octanol–water partition coefficient (Wildman–Crippen LogP) is 4.41. The minimum atomic E-state index is -0.700. The molecule has 6 heterocycles. The normalized spacial score (nSPS) is 19.5. The van der Waals surface area contributed by atoms with E-state index in [1.54, 1.807) is 35.0 Å². The third-order valence-electron chi connectivity index (χ3n) is 13.1. The van der Waals surface area contributed by atoms with Crippen LogP contribution in [0.25, 0.3) is 0 Å². The third kappa shape index (κ3) is 9.77. The quantitative estimate of drug-likeness (QED) is 0.0890. The van der Waals surface area contributed by atoms with Crippen molar-refractivity contribution in [3.05, 3.63) is 114 Å². The highest BCUT2D eigenvalue weighted by Crippen LogP contribution is 2.47. The zero-order valence-electron chi connectivity index (χ0n) is 37.5. The van der Waals surface area contributed by atoms with Gasteiger partial charge in [-0.25, -0.2) is 0 Å². The summed E-state index contributed by atoms with van der Waals surface area (Å²) in [5, 5.41) is 13.4. The van der Waals surface area contributed by atoms with Crippen molar-refractivity contribution in [2.45, 2.75) is 115 Å². The zero-order valence-corrected chi connectivity index (χ0v) is 39.1. The summed E-state index contributed by atoms with van der Waals surface area (Å²) >= 11 is 2.77. The Labute approximate surface area is 394 Å². The predicted molar refractivity (Wildman–Crippen MR) is 246 cm³/mol. The molecule has 0 radical (unpaired) electrons. The van der Waals surface area contributed by atoms with Gasteiger partial charge in [-0.1, -0.05) is 76.2 Å². The Morgan fingerprint density at radius 3 is 1.61 bits per heavy atom. The lowest BCUT2D eigenvalue weighted by Crippen LogP contribution is -2.52. The average Bonchev–Trinajstić information content (AvgIpc) is 3.55. The second-order valence-corrected chi connectivity index (χ2v) is 20.6. The van der Waals surface area contributed by atoms with Crippen LogP contribution in [-0.4, -0.2) is 87.3 Å². The van der Waals surface area contributed by atoms with Crippen LogP contribution in [0.5, 0.6) is 0 Å². The van der Waals surface area contributed by atoms with Crippen LogP contribution < -0.4 is 21.3 Å². The molecule has 2 saturated heterocycles. The first-order chi connectivity index (χ1) is 31.8. The summed E-state index contributed by atoms with van der Waals surface area (Å²) in [5.74, 6) is -4.59. The van der Waals surface area contributed by atoms with Crippen molar-refractivity contribution in [2.75, 3.05) is 6.54 Å². The Morgan fingerprint density at radius 2 is 1.13 bits per heavy atom. The monoisotopic (exact) mass is 946 g/mol. The first kappa shape index (κ1) is 46.9. The molecular weight excluding hydrogens is 897 g/mol. The van der Waals surface area contributed by atoms with Crippen molar-refractivity contribution in [3.8, 4) is 0 Å². The average molecular weight is 947 g/mol. The van der Waals surface area contributed by atoms with E-state index in [9.17, 15) is 47.9 Å². The van der Waals surface area contributed by atoms with Crippen LogP contribution in [0.2, 0.25) is 0 Å².